The summed E-state index contributed by atoms with van der Waals surface area (Å²) in [5.41, 5.74) is 5.75. The summed E-state index contributed by atoms with van der Waals surface area (Å²) in [6.07, 6.45) is 22.8. The van der Waals surface area contributed by atoms with Crippen molar-refractivity contribution in [1.29, 1.82) is 0 Å². The third kappa shape index (κ3) is 18.0. The van der Waals surface area contributed by atoms with Gasteiger partial charge in [0, 0.05) is 6.04 Å². The first-order valence-electron chi connectivity index (χ1n) is 9.53. The second kappa shape index (κ2) is 17.0. The Bertz CT molecular complexity index is 165. The highest BCUT2D eigenvalue weighted by molar-refractivity contribution is 4.54. The predicted molar refractivity (Wildman–Crippen MR) is 93.2 cm³/mol. The van der Waals surface area contributed by atoms with E-state index in [0.717, 1.165) is 0 Å². The Kier molecular flexibility index (Phi) is 17.0. The highest BCUT2D eigenvalue weighted by Crippen LogP contribution is 2.13. The van der Waals surface area contributed by atoms with Gasteiger partial charge in [-0.25, -0.2) is 0 Å². The molecule has 0 saturated carbocycles. The van der Waals surface area contributed by atoms with E-state index >= 15 is 0 Å². The summed E-state index contributed by atoms with van der Waals surface area (Å²) in [5, 5.41) is 0. The average molecular weight is 284 g/mol. The molecule has 0 radical (unpaired) electrons. The summed E-state index contributed by atoms with van der Waals surface area (Å²) >= 11 is 0. The second-order valence-electron chi connectivity index (χ2n) is 6.72. The molecular weight excluding hydrogens is 242 g/mol. The SMILES string of the molecule is CCCCCCCCCCCCCCCCCC(C)N. The van der Waals surface area contributed by atoms with Crippen molar-refractivity contribution in [2.24, 2.45) is 5.73 Å². The molecule has 0 bridgehead atoms. The van der Waals surface area contributed by atoms with Crippen LogP contribution in [-0.2, 0) is 0 Å². The van der Waals surface area contributed by atoms with Crippen LogP contribution in [0.25, 0.3) is 0 Å². The Morgan fingerprint density at radius 2 is 0.850 bits per heavy atom. The van der Waals surface area contributed by atoms with Crippen molar-refractivity contribution in [2.75, 3.05) is 0 Å². The number of unbranched alkanes of at least 4 members (excludes halogenated alkanes) is 14. The molecular formula is C19H41N. The van der Waals surface area contributed by atoms with Gasteiger partial charge in [0.1, 0.15) is 0 Å². The molecule has 0 aromatic rings. The average Bonchev–Trinajstić information content (AvgIpc) is 2.43. The van der Waals surface area contributed by atoms with Crippen LogP contribution < -0.4 is 5.73 Å². The fraction of sp³-hybridized carbons (Fsp3) is 1.00. The highest BCUT2D eigenvalue weighted by atomic mass is 14.6. The van der Waals surface area contributed by atoms with Gasteiger partial charge in [0.2, 0.25) is 0 Å². The summed E-state index contributed by atoms with van der Waals surface area (Å²) in [5.74, 6) is 0. The number of rotatable bonds is 16. The first-order valence-corrected chi connectivity index (χ1v) is 9.53. The Balaban J connectivity index is 2.92. The summed E-state index contributed by atoms with van der Waals surface area (Å²) in [6, 6.07) is 0.400. The monoisotopic (exact) mass is 283 g/mol. The Hall–Kier alpha value is -0.0400. The fourth-order valence-corrected chi connectivity index (χ4v) is 2.84. The Labute approximate surface area is 129 Å². The van der Waals surface area contributed by atoms with E-state index in [-0.39, 0.29) is 0 Å². The molecule has 0 spiro atoms. The molecule has 0 aliphatic heterocycles. The van der Waals surface area contributed by atoms with Gasteiger partial charge >= 0.3 is 0 Å². The molecule has 1 nitrogen and oxygen atoms in total. The molecule has 0 amide bonds. The van der Waals surface area contributed by atoms with Crippen LogP contribution in [0.5, 0.6) is 0 Å². The highest BCUT2D eigenvalue weighted by Gasteiger charge is 1.95. The molecule has 0 aromatic heterocycles. The molecule has 0 aromatic carbocycles. The normalized spacial score (nSPS) is 12.8. The quantitative estimate of drug-likeness (QED) is 0.317. The topological polar surface area (TPSA) is 26.0 Å². The van der Waals surface area contributed by atoms with Gasteiger partial charge < -0.3 is 5.73 Å². The van der Waals surface area contributed by atoms with Crippen LogP contribution in [0.15, 0.2) is 0 Å². The van der Waals surface area contributed by atoms with E-state index in [9.17, 15) is 0 Å². The summed E-state index contributed by atoms with van der Waals surface area (Å²) in [7, 11) is 0. The first-order chi connectivity index (χ1) is 9.77. The third-order valence-corrected chi connectivity index (χ3v) is 4.26. The van der Waals surface area contributed by atoms with Crippen molar-refractivity contribution < 1.29 is 0 Å². The zero-order valence-electron chi connectivity index (χ0n) is 14.5. The number of hydrogen-bond donors (Lipinski definition) is 1. The van der Waals surface area contributed by atoms with E-state index < -0.39 is 0 Å². The van der Waals surface area contributed by atoms with Crippen LogP contribution in [0.1, 0.15) is 117 Å². The minimum absolute atomic E-state index is 0.400. The Morgan fingerprint density at radius 3 is 1.15 bits per heavy atom. The molecule has 0 aliphatic carbocycles. The largest absolute Gasteiger partial charge is 0.328 e. The van der Waals surface area contributed by atoms with Gasteiger partial charge in [0.15, 0.2) is 0 Å². The van der Waals surface area contributed by atoms with Crippen LogP contribution in [0, 0.1) is 0 Å². The van der Waals surface area contributed by atoms with E-state index in [4.69, 9.17) is 5.73 Å². The molecule has 1 atom stereocenters. The van der Waals surface area contributed by atoms with Gasteiger partial charge in [-0.2, -0.15) is 0 Å². The minimum atomic E-state index is 0.400. The van der Waals surface area contributed by atoms with Gasteiger partial charge in [-0.1, -0.05) is 103 Å². The molecule has 20 heavy (non-hydrogen) atoms. The molecule has 0 fully saturated rings. The number of nitrogens with two attached hydrogens (primary N) is 1. The van der Waals surface area contributed by atoms with Gasteiger partial charge in [-0.15, -0.1) is 0 Å². The van der Waals surface area contributed by atoms with Crippen molar-refractivity contribution in [2.45, 2.75) is 123 Å². The van der Waals surface area contributed by atoms with Crippen LogP contribution in [0.3, 0.4) is 0 Å². The van der Waals surface area contributed by atoms with Gasteiger partial charge in [0.25, 0.3) is 0 Å². The smallest absolute Gasteiger partial charge is 0.00104 e. The van der Waals surface area contributed by atoms with E-state index in [1.165, 1.54) is 103 Å². The first kappa shape index (κ1) is 20.0. The summed E-state index contributed by atoms with van der Waals surface area (Å²) < 4.78 is 0. The summed E-state index contributed by atoms with van der Waals surface area (Å²) in [6.45, 7) is 4.41. The van der Waals surface area contributed by atoms with Gasteiger partial charge in [-0.3, -0.25) is 0 Å². The fourth-order valence-electron chi connectivity index (χ4n) is 2.84. The maximum atomic E-state index is 5.75. The Morgan fingerprint density at radius 1 is 0.550 bits per heavy atom. The van der Waals surface area contributed by atoms with E-state index in [2.05, 4.69) is 13.8 Å². The maximum absolute atomic E-state index is 5.75. The minimum Gasteiger partial charge on any atom is -0.328 e. The van der Waals surface area contributed by atoms with E-state index in [1.807, 2.05) is 0 Å². The molecule has 0 heterocycles. The van der Waals surface area contributed by atoms with Crippen molar-refractivity contribution in [3.63, 3.8) is 0 Å². The van der Waals surface area contributed by atoms with Gasteiger partial charge in [0.05, 0.1) is 0 Å². The van der Waals surface area contributed by atoms with E-state index in [0.29, 0.717) is 6.04 Å². The van der Waals surface area contributed by atoms with E-state index in [1.54, 1.807) is 0 Å². The van der Waals surface area contributed by atoms with Crippen molar-refractivity contribution in [1.82, 2.24) is 0 Å². The summed E-state index contributed by atoms with van der Waals surface area (Å²) in [4.78, 5) is 0. The molecule has 0 saturated heterocycles. The van der Waals surface area contributed by atoms with Crippen LogP contribution in [-0.4, -0.2) is 6.04 Å². The predicted octanol–water partition coefficient (Wildman–Crippen LogP) is 6.60. The zero-order chi connectivity index (χ0) is 14.9. The lowest BCUT2D eigenvalue weighted by atomic mass is 10.0. The van der Waals surface area contributed by atoms with Crippen LogP contribution in [0.2, 0.25) is 0 Å². The van der Waals surface area contributed by atoms with Crippen molar-refractivity contribution >= 4 is 0 Å². The number of hydrogen-bond acceptors (Lipinski definition) is 1. The lowest BCUT2D eigenvalue weighted by Crippen LogP contribution is -2.13. The molecule has 0 aliphatic rings. The molecule has 1 heteroatoms. The molecule has 1 unspecified atom stereocenters. The van der Waals surface area contributed by atoms with Gasteiger partial charge in [-0.05, 0) is 13.3 Å². The van der Waals surface area contributed by atoms with Crippen molar-refractivity contribution in [3.05, 3.63) is 0 Å². The standard InChI is InChI=1S/C19H41N/c1-3-4-5-6-7-8-9-10-11-12-13-14-15-16-17-18-19(2)20/h19H,3-18,20H2,1-2H3. The zero-order valence-corrected chi connectivity index (χ0v) is 14.5. The lowest BCUT2D eigenvalue weighted by molar-refractivity contribution is 0.522. The molecule has 2 N–H and O–H groups in total. The third-order valence-electron chi connectivity index (χ3n) is 4.26. The molecule has 0 rings (SSSR count). The lowest BCUT2D eigenvalue weighted by Gasteiger charge is -2.05. The van der Waals surface area contributed by atoms with Crippen LogP contribution >= 0.6 is 0 Å². The second-order valence-corrected chi connectivity index (χ2v) is 6.72. The van der Waals surface area contributed by atoms with Crippen molar-refractivity contribution in [3.8, 4) is 0 Å². The molecule has 122 valence electrons. The van der Waals surface area contributed by atoms with Crippen LogP contribution in [0.4, 0.5) is 0 Å². The maximum Gasteiger partial charge on any atom is 0.00104 e.